The van der Waals surface area contributed by atoms with Gasteiger partial charge >= 0.3 is 12.1 Å². The SMILES string of the molecule is Cn1cc(NC(=O)c2cc(NC(=O)c3cc(NC(=O)c4cc(NC(=O)c5cc(NC(=O)OC(C)(C)C)cn5C)cn4C)cn3C)cn2C)cc1C(=O)NCCCCCC(=O)OCCSCc1ccc(N=Nc2ccccc2)cc1. The molecule has 2 aromatic carbocycles. The number of esters is 1. The molecule has 0 saturated carbocycles. The van der Waals surface area contributed by atoms with E-state index < -0.39 is 35.3 Å². The highest BCUT2D eigenvalue weighted by Gasteiger charge is 2.22. The quantitative estimate of drug-likeness (QED) is 0.0201. The molecule has 0 radical (unpaired) electrons. The molecule has 5 aromatic heterocycles. The van der Waals surface area contributed by atoms with Crippen LogP contribution in [0.2, 0.25) is 0 Å². The van der Waals surface area contributed by atoms with Gasteiger partial charge in [-0.1, -0.05) is 36.8 Å². The van der Waals surface area contributed by atoms with E-state index in [-0.39, 0.29) is 34.7 Å². The predicted octanol–water partition coefficient (Wildman–Crippen LogP) is 9.92. The van der Waals surface area contributed by atoms with Gasteiger partial charge in [0, 0.05) is 90.7 Å². The summed E-state index contributed by atoms with van der Waals surface area (Å²) in [4.78, 5) is 91.2. The molecule has 79 heavy (non-hydrogen) atoms. The third kappa shape index (κ3) is 16.7. The summed E-state index contributed by atoms with van der Waals surface area (Å²) in [7, 11) is 8.30. The van der Waals surface area contributed by atoms with Crippen LogP contribution in [0, 0.1) is 0 Å². The van der Waals surface area contributed by atoms with Crippen molar-refractivity contribution in [2.24, 2.45) is 45.5 Å². The van der Waals surface area contributed by atoms with Gasteiger partial charge in [-0.2, -0.15) is 22.0 Å². The average molecular weight is 1100 g/mol. The van der Waals surface area contributed by atoms with Crippen LogP contribution in [-0.2, 0) is 55.3 Å². The van der Waals surface area contributed by atoms with Crippen LogP contribution in [0.5, 0.6) is 0 Å². The van der Waals surface area contributed by atoms with Crippen LogP contribution in [0.3, 0.4) is 0 Å². The highest BCUT2D eigenvalue weighted by atomic mass is 32.2. The van der Waals surface area contributed by atoms with Crippen molar-refractivity contribution in [3.8, 4) is 0 Å². The van der Waals surface area contributed by atoms with Gasteiger partial charge in [0.05, 0.1) is 39.8 Å². The monoisotopic (exact) mass is 1100 g/mol. The van der Waals surface area contributed by atoms with E-state index in [1.807, 2.05) is 54.6 Å². The maximum Gasteiger partial charge on any atom is 0.412 e. The topological polar surface area (TPSA) is 260 Å². The van der Waals surface area contributed by atoms with Crippen LogP contribution >= 0.6 is 11.8 Å². The second-order valence-corrected chi connectivity index (χ2v) is 20.7. The number of benzene rings is 2. The van der Waals surface area contributed by atoms with Crippen molar-refractivity contribution in [1.29, 1.82) is 0 Å². The minimum atomic E-state index is -0.697. The Morgan fingerprint density at radius 3 is 1.34 bits per heavy atom. The Morgan fingerprint density at radius 2 is 0.911 bits per heavy atom. The molecule has 0 unspecified atom stereocenters. The number of carbonyl (C=O) groups is 7. The van der Waals surface area contributed by atoms with E-state index in [1.54, 1.807) is 128 Å². The standard InChI is InChI=1S/C56H65N13O9S/c1-56(2,3)78-55(76)62-43-29-48(69(8)34-43)54(75)61-42-28-47(68(7)33-42)53(74)60-41-27-46(67(6)32-41)52(73)59-40-26-45(66(5)31-40)51(72)58-39-25-44(65(4)30-39)50(71)57-22-14-10-13-17-49(70)77-23-24-79-35-36-18-20-38(21-19-36)64-63-37-15-11-9-12-16-37/h9,11-12,15-16,18-21,25-34H,10,13-14,17,22-24,35H2,1-8H3,(H,57,71)(H,58,72)(H,59,73)(H,60,74)(H,61,75)(H,62,76). The molecule has 0 fully saturated rings. The van der Waals surface area contributed by atoms with Gasteiger partial charge in [0.2, 0.25) is 0 Å². The Hall–Kier alpha value is -9.12. The molecule has 6 N–H and O–H groups in total. The molecule has 0 aliphatic rings. The van der Waals surface area contributed by atoms with E-state index in [4.69, 9.17) is 9.47 Å². The van der Waals surface area contributed by atoms with Crippen LogP contribution < -0.4 is 31.9 Å². The molecule has 0 saturated heterocycles. The first-order chi connectivity index (χ1) is 37.7. The molecule has 0 atom stereocenters. The highest BCUT2D eigenvalue weighted by Crippen LogP contribution is 2.24. The van der Waals surface area contributed by atoms with Gasteiger partial charge < -0.3 is 58.9 Å². The number of carbonyl (C=O) groups excluding carboxylic acids is 7. The molecule has 7 rings (SSSR count). The minimum Gasteiger partial charge on any atom is -0.465 e. The fraction of sp³-hybridized carbons (Fsp3) is 0.304. The summed E-state index contributed by atoms with van der Waals surface area (Å²) in [6, 6.07) is 25.0. The van der Waals surface area contributed by atoms with Gasteiger partial charge in [-0.3, -0.25) is 34.1 Å². The van der Waals surface area contributed by atoms with Crippen molar-refractivity contribution in [2.45, 2.75) is 57.8 Å². The van der Waals surface area contributed by atoms with Crippen LogP contribution in [0.25, 0.3) is 0 Å². The molecule has 22 nitrogen and oxygen atoms in total. The van der Waals surface area contributed by atoms with Crippen molar-refractivity contribution in [1.82, 2.24) is 28.2 Å². The number of aryl methyl sites for hydroxylation is 5. The molecule has 23 heteroatoms. The summed E-state index contributed by atoms with van der Waals surface area (Å²) < 4.78 is 18.5. The highest BCUT2D eigenvalue weighted by molar-refractivity contribution is 7.98. The fourth-order valence-corrected chi connectivity index (χ4v) is 8.88. The van der Waals surface area contributed by atoms with Crippen molar-refractivity contribution < 1.29 is 43.0 Å². The zero-order valence-corrected chi connectivity index (χ0v) is 46.2. The molecular weight excluding hydrogens is 1030 g/mol. The first-order valence-electron chi connectivity index (χ1n) is 25.3. The van der Waals surface area contributed by atoms with E-state index in [0.717, 1.165) is 29.1 Å². The van der Waals surface area contributed by atoms with E-state index in [2.05, 4.69) is 42.1 Å². The summed E-state index contributed by atoms with van der Waals surface area (Å²) in [5, 5.41) is 25.2. The summed E-state index contributed by atoms with van der Waals surface area (Å²) in [5.41, 5.74) is 5.04. The van der Waals surface area contributed by atoms with Gasteiger partial charge in [-0.25, -0.2) is 4.79 Å². The zero-order chi connectivity index (χ0) is 56.8. The summed E-state index contributed by atoms with van der Waals surface area (Å²) >= 11 is 1.68. The number of nitrogens with one attached hydrogen (secondary N) is 6. The molecule has 0 bridgehead atoms. The Bertz CT molecular complexity index is 3360. The molecule has 0 aliphatic carbocycles. The van der Waals surface area contributed by atoms with E-state index in [0.29, 0.717) is 72.3 Å². The van der Waals surface area contributed by atoms with Crippen LogP contribution in [0.4, 0.5) is 44.6 Å². The number of hydrogen-bond donors (Lipinski definition) is 6. The van der Waals surface area contributed by atoms with Crippen molar-refractivity contribution in [3.63, 3.8) is 0 Å². The molecule has 0 spiro atoms. The minimum absolute atomic E-state index is 0.212. The van der Waals surface area contributed by atoms with E-state index >= 15 is 0 Å². The Morgan fingerprint density at radius 1 is 0.506 bits per heavy atom. The second-order valence-electron chi connectivity index (χ2n) is 19.6. The average Bonchev–Trinajstić information content (AvgIpc) is 4.25. The molecule has 0 aliphatic heterocycles. The lowest BCUT2D eigenvalue weighted by atomic mass is 10.2. The number of hydrogen-bond acceptors (Lipinski definition) is 12. The third-order valence-electron chi connectivity index (χ3n) is 11.9. The Labute approximate surface area is 461 Å². The van der Waals surface area contributed by atoms with Gasteiger partial charge in [-0.05, 0) is 93.8 Å². The molecule has 5 heterocycles. The van der Waals surface area contributed by atoms with Gasteiger partial charge in [0.25, 0.3) is 29.5 Å². The lowest BCUT2D eigenvalue weighted by molar-refractivity contribution is -0.143. The summed E-state index contributed by atoms with van der Waals surface area (Å²) in [6.07, 6.45) is 9.60. The van der Waals surface area contributed by atoms with E-state index in [1.165, 1.54) is 24.3 Å². The molecular formula is C56H65N13O9S. The summed E-state index contributed by atoms with van der Waals surface area (Å²) in [6.45, 7) is 5.97. The first-order valence-corrected chi connectivity index (χ1v) is 26.5. The number of thioether (sulfide) groups is 1. The van der Waals surface area contributed by atoms with Crippen molar-refractivity contribution >= 4 is 93.2 Å². The zero-order valence-electron chi connectivity index (χ0n) is 45.3. The van der Waals surface area contributed by atoms with Crippen LogP contribution in [0.15, 0.2) is 126 Å². The third-order valence-corrected chi connectivity index (χ3v) is 12.9. The maximum absolute atomic E-state index is 13.5. The normalized spacial score (nSPS) is 11.3. The van der Waals surface area contributed by atoms with Gasteiger partial charge in [-0.15, -0.1) is 0 Å². The second kappa shape index (κ2) is 26.3. The lowest BCUT2D eigenvalue weighted by Gasteiger charge is -2.19. The van der Waals surface area contributed by atoms with Gasteiger partial charge in [0.15, 0.2) is 0 Å². The lowest BCUT2D eigenvalue weighted by Crippen LogP contribution is -2.27. The van der Waals surface area contributed by atoms with Crippen LogP contribution in [-0.4, -0.2) is 88.9 Å². The molecule has 7 aromatic rings. The van der Waals surface area contributed by atoms with E-state index in [9.17, 15) is 33.6 Å². The Balaban J connectivity index is 0.793. The number of azo groups is 1. The van der Waals surface area contributed by atoms with Gasteiger partial charge in [0.1, 0.15) is 40.7 Å². The largest absolute Gasteiger partial charge is 0.465 e. The van der Waals surface area contributed by atoms with Crippen molar-refractivity contribution in [2.75, 3.05) is 45.5 Å². The number of rotatable bonds is 23. The fourth-order valence-electron chi connectivity index (χ4n) is 8.10. The number of nitrogens with zero attached hydrogens (tertiary/aromatic N) is 7. The number of amides is 6. The summed E-state index contributed by atoms with van der Waals surface area (Å²) in [5.74, 6) is -1.06. The Kier molecular flexibility index (Phi) is 19.2. The molecule has 6 amide bonds. The number of ether oxygens (including phenoxy) is 2. The van der Waals surface area contributed by atoms with Crippen LogP contribution in [0.1, 0.15) is 104 Å². The predicted molar refractivity (Wildman–Crippen MR) is 304 cm³/mol. The first kappa shape index (κ1) is 57.6. The number of aromatic nitrogens is 5. The smallest absolute Gasteiger partial charge is 0.412 e. The number of unbranched alkanes of at least 4 members (excludes halogenated alkanes) is 2. The maximum atomic E-state index is 13.5. The van der Waals surface area contributed by atoms with Crippen molar-refractivity contribution in [3.05, 3.63) is 150 Å². The molecule has 414 valence electrons. The number of anilines is 5.